The lowest BCUT2D eigenvalue weighted by Crippen LogP contribution is -2.40. The third-order valence-electron chi connectivity index (χ3n) is 3.79. The number of nitrogens with zero attached hydrogens (tertiary/aromatic N) is 3. The van der Waals surface area contributed by atoms with Gasteiger partial charge in [0.05, 0.1) is 17.8 Å². The van der Waals surface area contributed by atoms with E-state index in [4.69, 9.17) is 5.11 Å². The molecule has 1 aromatic heterocycles. The lowest BCUT2D eigenvalue weighted by Gasteiger charge is -2.23. The van der Waals surface area contributed by atoms with Gasteiger partial charge in [0.15, 0.2) is 0 Å². The van der Waals surface area contributed by atoms with Crippen LogP contribution in [0, 0.1) is 0 Å². The number of nitrogens with one attached hydrogen (secondary N) is 2. The summed E-state index contributed by atoms with van der Waals surface area (Å²) in [6, 6.07) is -0.611. The molecule has 0 bridgehead atoms. The van der Waals surface area contributed by atoms with Crippen molar-refractivity contribution >= 4 is 11.9 Å². The molecule has 1 fully saturated rings. The Kier molecular flexibility index (Phi) is 4.84. The van der Waals surface area contributed by atoms with Gasteiger partial charge in [0, 0.05) is 12.6 Å². The quantitative estimate of drug-likeness (QED) is 0.685. The summed E-state index contributed by atoms with van der Waals surface area (Å²) < 4.78 is 1.67. The highest BCUT2D eigenvalue weighted by molar-refractivity contribution is 5.88. The molecule has 1 aliphatic heterocycles. The van der Waals surface area contributed by atoms with Crippen molar-refractivity contribution in [1.29, 1.82) is 0 Å². The predicted octanol–water partition coefficient (Wildman–Crippen LogP) is 0.583. The number of carbonyl (C=O) groups is 2. The average Bonchev–Trinajstić information content (AvgIpc) is 3.06. The number of hydrogen-bond acceptors (Lipinski definition) is 5. The van der Waals surface area contributed by atoms with Crippen LogP contribution in [0.2, 0.25) is 0 Å². The smallest absolute Gasteiger partial charge is 0.320 e. The van der Waals surface area contributed by atoms with Gasteiger partial charge in [-0.1, -0.05) is 10.8 Å². The summed E-state index contributed by atoms with van der Waals surface area (Å²) in [4.78, 5) is 22.9. The number of allylic oxidation sites excluding steroid dienone is 1. The molecule has 0 saturated carbocycles. The van der Waals surface area contributed by atoms with E-state index in [9.17, 15) is 9.59 Å². The first-order chi connectivity index (χ1) is 10.7. The number of aliphatic carboxylic acids is 1. The summed E-state index contributed by atoms with van der Waals surface area (Å²) in [5, 5.41) is 23.1. The molecular weight excluding hydrogens is 298 g/mol. The van der Waals surface area contributed by atoms with E-state index >= 15 is 0 Å². The summed E-state index contributed by atoms with van der Waals surface area (Å²) in [5.74, 6) is -1.04. The highest BCUT2D eigenvalue weighted by Gasteiger charge is 2.32. The van der Waals surface area contributed by atoms with Crippen molar-refractivity contribution in [3.8, 4) is 0 Å². The van der Waals surface area contributed by atoms with Crippen LogP contribution in [0.4, 0.5) is 0 Å². The minimum atomic E-state index is -0.859. The van der Waals surface area contributed by atoms with Crippen LogP contribution in [0.25, 0.3) is 0 Å². The summed E-state index contributed by atoms with van der Waals surface area (Å²) in [6.45, 7) is 7.95. The van der Waals surface area contributed by atoms with Crippen LogP contribution in [0.1, 0.15) is 45.9 Å². The van der Waals surface area contributed by atoms with Crippen LogP contribution in [0.5, 0.6) is 0 Å². The summed E-state index contributed by atoms with van der Waals surface area (Å²) in [5.41, 5.74) is 0.880. The van der Waals surface area contributed by atoms with Crippen molar-refractivity contribution in [2.24, 2.45) is 0 Å². The third-order valence-corrected chi connectivity index (χ3v) is 3.79. The fourth-order valence-electron chi connectivity index (χ4n) is 2.52. The molecule has 0 radical (unpaired) electrons. The molecule has 1 amide bonds. The minimum absolute atomic E-state index is 0.0540. The molecule has 0 unspecified atom stereocenters. The Morgan fingerprint density at radius 3 is 2.74 bits per heavy atom. The van der Waals surface area contributed by atoms with E-state index in [2.05, 4.69) is 20.9 Å². The third kappa shape index (κ3) is 4.16. The van der Waals surface area contributed by atoms with Gasteiger partial charge in [-0.25, -0.2) is 4.68 Å². The molecule has 8 nitrogen and oxygen atoms in total. The Balaban J connectivity index is 2.08. The zero-order valence-corrected chi connectivity index (χ0v) is 13.8. The summed E-state index contributed by atoms with van der Waals surface area (Å²) in [6.07, 6.45) is 3.76. The van der Waals surface area contributed by atoms with Gasteiger partial charge in [-0.2, -0.15) is 0 Å². The number of carboxylic acid groups (broad SMARTS) is 1. The first-order valence-electron chi connectivity index (χ1n) is 7.54. The summed E-state index contributed by atoms with van der Waals surface area (Å²) in [7, 11) is 0. The zero-order chi connectivity index (χ0) is 17.2. The highest BCUT2D eigenvalue weighted by atomic mass is 16.4. The fraction of sp³-hybridized carbons (Fsp3) is 0.600. The first kappa shape index (κ1) is 17.1. The van der Waals surface area contributed by atoms with Gasteiger partial charge in [-0.05, 0) is 34.1 Å². The number of carbonyl (C=O) groups excluding carboxylic acids is 1. The Hall–Kier alpha value is -2.22. The molecule has 23 heavy (non-hydrogen) atoms. The molecule has 2 heterocycles. The Labute approximate surface area is 134 Å². The van der Waals surface area contributed by atoms with Crippen molar-refractivity contribution in [1.82, 2.24) is 25.6 Å². The minimum Gasteiger partial charge on any atom is -0.480 e. The van der Waals surface area contributed by atoms with Crippen molar-refractivity contribution < 1.29 is 14.7 Å². The SMILES string of the molecule is CC(C)=CC(=O)NC(C)(C)c1cn([C@@H]2CN[C@H](C(=O)O)C2)nn1. The van der Waals surface area contributed by atoms with E-state index in [1.165, 1.54) is 6.08 Å². The Bertz CT molecular complexity index is 631. The van der Waals surface area contributed by atoms with Crippen LogP contribution in [0.15, 0.2) is 17.8 Å². The van der Waals surface area contributed by atoms with E-state index in [0.717, 1.165) is 5.57 Å². The maximum Gasteiger partial charge on any atom is 0.320 e. The van der Waals surface area contributed by atoms with Gasteiger partial charge in [-0.15, -0.1) is 5.10 Å². The lowest BCUT2D eigenvalue weighted by molar-refractivity contribution is -0.139. The van der Waals surface area contributed by atoms with Gasteiger partial charge in [-0.3, -0.25) is 9.59 Å². The topological polar surface area (TPSA) is 109 Å². The molecule has 1 saturated heterocycles. The van der Waals surface area contributed by atoms with Gasteiger partial charge >= 0.3 is 5.97 Å². The van der Waals surface area contributed by atoms with Crippen molar-refractivity contribution in [2.75, 3.05) is 6.54 Å². The second-order valence-corrected chi connectivity index (χ2v) is 6.61. The molecular formula is C15H23N5O3. The molecule has 1 aliphatic rings. The van der Waals surface area contributed by atoms with Gasteiger partial charge in [0.2, 0.25) is 5.91 Å². The zero-order valence-electron chi connectivity index (χ0n) is 13.8. The number of aromatic nitrogens is 3. The summed E-state index contributed by atoms with van der Waals surface area (Å²) >= 11 is 0. The van der Waals surface area contributed by atoms with Crippen molar-refractivity contribution in [3.05, 3.63) is 23.5 Å². The normalized spacial score (nSPS) is 21.0. The van der Waals surface area contributed by atoms with E-state index in [1.54, 1.807) is 10.9 Å². The number of carboxylic acids is 1. The molecule has 0 aliphatic carbocycles. The largest absolute Gasteiger partial charge is 0.480 e. The first-order valence-corrected chi connectivity index (χ1v) is 7.54. The van der Waals surface area contributed by atoms with Gasteiger partial charge < -0.3 is 15.7 Å². The van der Waals surface area contributed by atoms with Crippen molar-refractivity contribution in [3.63, 3.8) is 0 Å². The standard InChI is InChI=1S/C15H23N5O3/c1-9(2)5-13(21)17-15(3,4)12-8-20(19-18-12)10-6-11(14(22)23)16-7-10/h5,8,10-11,16H,6-7H2,1-4H3,(H,17,21)(H,22,23)/t10-,11-/m0/s1. The monoisotopic (exact) mass is 321 g/mol. The van der Waals surface area contributed by atoms with E-state index in [0.29, 0.717) is 18.7 Å². The maximum atomic E-state index is 11.9. The van der Waals surface area contributed by atoms with Crippen LogP contribution in [-0.2, 0) is 15.1 Å². The molecule has 1 aromatic rings. The molecule has 3 N–H and O–H groups in total. The number of rotatable bonds is 5. The molecule has 126 valence electrons. The van der Waals surface area contributed by atoms with Gasteiger partial charge in [0.25, 0.3) is 0 Å². The predicted molar refractivity (Wildman–Crippen MR) is 83.7 cm³/mol. The molecule has 0 spiro atoms. The van der Waals surface area contributed by atoms with Crippen LogP contribution >= 0.6 is 0 Å². The number of hydrogen-bond donors (Lipinski definition) is 3. The Morgan fingerprint density at radius 2 is 2.17 bits per heavy atom. The number of amides is 1. The van der Waals surface area contributed by atoms with E-state index < -0.39 is 17.6 Å². The Morgan fingerprint density at radius 1 is 1.48 bits per heavy atom. The van der Waals surface area contributed by atoms with E-state index in [1.807, 2.05) is 27.7 Å². The maximum absolute atomic E-state index is 11.9. The lowest BCUT2D eigenvalue weighted by atomic mass is 10.0. The fourth-order valence-corrected chi connectivity index (χ4v) is 2.52. The molecule has 2 atom stereocenters. The second kappa shape index (κ2) is 6.49. The highest BCUT2D eigenvalue weighted by Crippen LogP contribution is 2.22. The molecule has 8 heteroatoms. The van der Waals surface area contributed by atoms with Crippen molar-refractivity contribution in [2.45, 2.75) is 51.7 Å². The molecule has 2 rings (SSSR count). The van der Waals surface area contributed by atoms with E-state index in [-0.39, 0.29) is 11.9 Å². The van der Waals surface area contributed by atoms with Gasteiger partial charge in [0.1, 0.15) is 11.7 Å². The van der Waals surface area contributed by atoms with Crippen LogP contribution in [-0.4, -0.2) is 44.6 Å². The van der Waals surface area contributed by atoms with Crippen LogP contribution in [0.3, 0.4) is 0 Å². The average molecular weight is 321 g/mol. The second-order valence-electron chi connectivity index (χ2n) is 6.61. The van der Waals surface area contributed by atoms with Crippen LogP contribution < -0.4 is 10.6 Å². The molecule has 0 aromatic carbocycles.